The normalized spacial score (nSPS) is 14.1. The Morgan fingerprint density at radius 3 is 2.79 bits per heavy atom. The third-order valence-corrected chi connectivity index (χ3v) is 4.78. The minimum absolute atomic E-state index is 0.0326. The lowest BCUT2D eigenvalue weighted by Crippen LogP contribution is -2.35. The van der Waals surface area contributed by atoms with Gasteiger partial charge in [0.15, 0.2) is 17.8 Å². The second-order valence-corrected chi connectivity index (χ2v) is 6.73. The number of benzene rings is 1. The molecule has 2 aromatic rings. The van der Waals surface area contributed by atoms with Crippen molar-refractivity contribution < 1.29 is 18.7 Å². The Morgan fingerprint density at radius 2 is 2.00 bits per heavy atom. The summed E-state index contributed by atoms with van der Waals surface area (Å²) in [7, 11) is 0. The Balaban J connectivity index is 1.77. The van der Waals surface area contributed by atoms with Crippen LogP contribution in [-0.2, 0) is 4.74 Å². The van der Waals surface area contributed by atoms with Crippen LogP contribution in [-0.4, -0.2) is 54.5 Å². The lowest BCUT2D eigenvalue weighted by Gasteiger charge is -2.27. The van der Waals surface area contributed by atoms with E-state index in [9.17, 15) is 9.59 Å². The molecule has 1 N–H and O–H groups in total. The SMILES string of the molecule is CCOCCCNC(=O)c1ncoc1-c1ccccc1C(=O)N1CCCCC1. The highest BCUT2D eigenvalue weighted by atomic mass is 16.5. The van der Waals surface area contributed by atoms with Gasteiger partial charge in [0.05, 0.1) is 5.56 Å². The molecule has 7 nitrogen and oxygen atoms in total. The van der Waals surface area contributed by atoms with Crippen molar-refractivity contribution in [1.29, 1.82) is 0 Å². The predicted molar refractivity (Wildman–Crippen MR) is 105 cm³/mol. The van der Waals surface area contributed by atoms with Gasteiger partial charge in [-0.2, -0.15) is 0 Å². The zero-order valence-electron chi connectivity index (χ0n) is 16.3. The maximum absolute atomic E-state index is 13.0. The van der Waals surface area contributed by atoms with Crippen LogP contribution in [0.25, 0.3) is 11.3 Å². The first-order chi connectivity index (χ1) is 13.7. The van der Waals surface area contributed by atoms with Crippen molar-refractivity contribution in [3.63, 3.8) is 0 Å². The molecule has 2 heterocycles. The number of carbonyl (C=O) groups excluding carboxylic acids is 2. The number of piperidine rings is 1. The number of rotatable bonds is 8. The molecule has 1 fully saturated rings. The summed E-state index contributed by atoms with van der Waals surface area (Å²) in [4.78, 5) is 31.5. The molecule has 1 saturated heterocycles. The van der Waals surface area contributed by atoms with Crippen LogP contribution in [0.2, 0.25) is 0 Å². The molecule has 1 aliphatic heterocycles. The number of ether oxygens (including phenoxy) is 1. The summed E-state index contributed by atoms with van der Waals surface area (Å²) in [5.74, 6) is -0.0292. The topological polar surface area (TPSA) is 84.7 Å². The first-order valence-electron chi connectivity index (χ1n) is 9.90. The van der Waals surface area contributed by atoms with Gasteiger partial charge < -0.3 is 19.4 Å². The molecule has 0 spiro atoms. The lowest BCUT2D eigenvalue weighted by atomic mass is 10.0. The Kier molecular flexibility index (Phi) is 7.19. The van der Waals surface area contributed by atoms with E-state index in [0.29, 0.717) is 36.6 Å². The van der Waals surface area contributed by atoms with Crippen molar-refractivity contribution in [2.45, 2.75) is 32.6 Å². The molecule has 150 valence electrons. The quantitative estimate of drug-likeness (QED) is 0.706. The van der Waals surface area contributed by atoms with E-state index in [1.165, 1.54) is 6.39 Å². The second kappa shape index (κ2) is 10.0. The van der Waals surface area contributed by atoms with E-state index in [4.69, 9.17) is 9.15 Å². The van der Waals surface area contributed by atoms with Crippen LogP contribution < -0.4 is 5.32 Å². The molecule has 2 amide bonds. The van der Waals surface area contributed by atoms with Crippen molar-refractivity contribution >= 4 is 11.8 Å². The molecule has 0 aliphatic carbocycles. The number of aromatic nitrogens is 1. The van der Waals surface area contributed by atoms with Crippen molar-refractivity contribution in [1.82, 2.24) is 15.2 Å². The van der Waals surface area contributed by atoms with Crippen LogP contribution in [0.3, 0.4) is 0 Å². The Morgan fingerprint density at radius 1 is 1.21 bits per heavy atom. The van der Waals surface area contributed by atoms with Crippen LogP contribution in [0.1, 0.15) is 53.5 Å². The van der Waals surface area contributed by atoms with Gasteiger partial charge in [0.25, 0.3) is 11.8 Å². The summed E-state index contributed by atoms with van der Waals surface area (Å²) in [5.41, 5.74) is 1.32. The number of oxazole rings is 1. The van der Waals surface area contributed by atoms with Crippen LogP contribution in [0, 0.1) is 0 Å². The second-order valence-electron chi connectivity index (χ2n) is 6.73. The molecule has 1 aromatic heterocycles. The number of amides is 2. The standard InChI is InChI=1S/C21H27N3O4/c1-2-27-14-8-11-22-20(25)18-19(28-15-23-18)16-9-4-5-10-17(16)21(26)24-12-6-3-7-13-24/h4-5,9-10,15H,2-3,6-8,11-14H2,1H3,(H,22,25). The zero-order valence-corrected chi connectivity index (χ0v) is 16.3. The highest BCUT2D eigenvalue weighted by molar-refractivity contribution is 6.04. The molecule has 0 radical (unpaired) electrons. The monoisotopic (exact) mass is 385 g/mol. The van der Waals surface area contributed by atoms with E-state index in [1.807, 2.05) is 24.0 Å². The molecule has 0 unspecified atom stereocenters. The van der Waals surface area contributed by atoms with Gasteiger partial charge in [0.2, 0.25) is 0 Å². The van der Waals surface area contributed by atoms with Gasteiger partial charge >= 0.3 is 0 Å². The van der Waals surface area contributed by atoms with Crippen molar-refractivity contribution in [3.8, 4) is 11.3 Å². The molecule has 1 aliphatic rings. The average molecular weight is 385 g/mol. The van der Waals surface area contributed by atoms with Crippen LogP contribution in [0.15, 0.2) is 35.1 Å². The number of carbonyl (C=O) groups is 2. The van der Waals surface area contributed by atoms with E-state index in [1.54, 1.807) is 12.1 Å². The Hall–Kier alpha value is -2.67. The molecular formula is C21H27N3O4. The van der Waals surface area contributed by atoms with Crippen LogP contribution in [0.5, 0.6) is 0 Å². The Bertz CT molecular complexity index is 796. The van der Waals surface area contributed by atoms with Crippen molar-refractivity contribution in [2.24, 2.45) is 0 Å². The van der Waals surface area contributed by atoms with Gasteiger partial charge in [-0.3, -0.25) is 9.59 Å². The van der Waals surface area contributed by atoms with Gasteiger partial charge in [-0.15, -0.1) is 0 Å². The van der Waals surface area contributed by atoms with Gasteiger partial charge in [0.1, 0.15) is 0 Å². The van der Waals surface area contributed by atoms with E-state index < -0.39 is 0 Å². The van der Waals surface area contributed by atoms with Crippen LogP contribution in [0.4, 0.5) is 0 Å². The number of likely N-dealkylation sites (tertiary alicyclic amines) is 1. The molecule has 0 saturated carbocycles. The summed E-state index contributed by atoms with van der Waals surface area (Å²) in [5, 5.41) is 2.83. The summed E-state index contributed by atoms with van der Waals surface area (Å²) < 4.78 is 10.8. The largest absolute Gasteiger partial charge is 0.443 e. The van der Waals surface area contributed by atoms with Crippen molar-refractivity contribution in [3.05, 3.63) is 41.9 Å². The van der Waals surface area contributed by atoms with Gasteiger partial charge in [-0.1, -0.05) is 18.2 Å². The first-order valence-corrected chi connectivity index (χ1v) is 9.90. The molecular weight excluding hydrogens is 358 g/mol. The first kappa shape index (κ1) is 20.1. The fourth-order valence-electron chi connectivity index (χ4n) is 3.34. The van der Waals surface area contributed by atoms with E-state index in [2.05, 4.69) is 10.3 Å². The summed E-state index contributed by atoms with van der Waals surface area (Å²) in [6, 6.07) is 7.22. The van der Waals surface area contributed by atoms with Gasteiger partial charge in [0, 0.05) is 38.4 Å². The maximum Gasteiger partial charge on any atom is 0.273 e. The minimum atomic E-state index is -0.319. The lowest BCUT2D eigenvalue weighted by molar-refractivity contribution is 0.0724. The zero-order chi connectivity index (χ0) is 19.8. The fraction of sp³-hybridized carbons (Fsp3) is 0.476. The highest BCUT2D eigenvalue weighted by Gasteiger charge is 2.25. The summed E-state index contributed by atoms with van der Waals surface area (Å²) >= 11 is 0. The smallest absolute Gasteiger partial charge is 0.273 e. The maximum atomic E-state index is 13.0. The van der Waals surface area contributed by atoms with Gasteiger partial charge in [-0.05, 0) is 38.7 Å². The molecule has 0 atom stereocenters. The number of nitrogens with one attached hydrogen (secondary N) is 1. The van der Waals surface area contributed by atoms with E-state index in [-0.39, 0.29) is 17.5 Å². The molecule has 28 heavy (non-hydrogen) atoms. The molecule has 7 heteroatoms. The molecule has 0 bridgehead atoms. The predicted octanol–water partition coefficient (Wildman–Crippen LogP) is 3.12. The number of hydrogen-bond acceptors (Lipinski definition) is 5. The minimum Gasteiger partial charge on any atom is -0.443 e. The van der Waals surface area contributed by atoms with E-state index in [0.717, 1.165) is 38.8 Å². The number of nitrogens with zero attached hydrogens (tertiary/aromatic N) is 2. The third kappa shape index (κ3) is 4.78. The van der Waals surface area contributed by atoms with Crippen LogP contribution >= 0.6 is 0 Å². The third-order valence-electron chi connectivity index (χ3n) is 4.78. The molecule has 1 aromatic carbocycles. The molecule has 3 rings (SSSR count). The number of hydrogen-bond donors (Lipinski definition) is 1. The average Bonchev–Trinajstić information content (AvgIpc) is 3.23. The summed E-state index contributed by atoms with van der Waals surface area (Å²) in [6.07, 6.45) is 5.15. The fourth-order valence-corrected chi connectivity index (χ4v) is 3.34. The van der Waals surface area contributed by atoms with Crippen molar-refractivity contribution in [2.75, 3.05) is 32.8 Å². The van der Waals surface area contributed by atoms with Gasteiger partial charge in [-0.25, -0.2) is 4.98 Å². The summed E-state index contributed by atoms with van der Waals surface area (Å²) in [6.45, 7) is 5.19. The Labute approximate surface area is 165 Å². The highest BCUT2D eigenvalue weighted by Crippen LogP contribution is 2.28. The van der Waals surface area contributed by atoms with E-state index >= 15 is 0 Å².